The fourth-order valence-electron chi connectivity index (χ4n) is 7.57. The van der Waals surface area contributed by atoms with E-state index in [1.165, 1.54) is 96.3 Å². The lowest BCUT2D eigenvalue weighted by molar-refractivity contribution is -0.151. The molecule has 0 heterocycles. The van der Waals surface area contributed by atoms with Crippen molar-refractivity contribution < 1.29 is 24.5 Å². The number of amides is 1. The highest BCUT2D eigenvalue weighted by molar-refractivity contribution is 5.77. The summed E-state index contributed by atoms with van der Waals surface area (Å²) >= 11 is 0. The van der Waals surface area contributed by atoms with Crippen LogP contribution in [-0.4, -0.2) is 46.9 Å². The highest BCUT2D eigenvalue weighted by atomic mass is 16.5. The number of nitrogens with one attached hydrogen (secondary N) is 1. The zero-order valence-corrected chi connectivity index (χ0v) is 40.7. The fourth-order valence-corrected chi connectivity index (χ4v) is 7.57. The molecule has 0 aliphatic heterocycles. The highest BCUT2D eigenvalue weighted by Gasteiger charge is 2.24. The lowest BCUT2D eigenvalue weighted by atomic mass is 10.0. The normalized spacial score (nSPS) is 13.8. The monoisotopic (exact) mass is 866 g/mol. The van der Waals surface area contributed by atoms with Crippen LogP contribution in [0, 0.1) is 0 Å². The average molecular weight is 866 g/mol. The first-order valence-corrected chi connectivity index (χ1v) is 26.2. The molecule has 0 rings (SSSR count). The summed E-state index contributed by atoms with van der Waals surface area (Å²) in [5.74, 6) is -0.521. The Morgan fingerprint density at radius 3 is 1.35 bits per heavy atom. The van der Waals surface area contributed by atoms with Gasteiger partial charge in [0.05, 0.1) is 25.2 Å². The van der Waals surface area contributed by atoms with Crippen LogP contribution in [0.5, 0.6) is 0 Å². The number of carbonyl (C=O) groups is 2. The van der Waals surface area contributed by atoms with Gasteiger partial charge in [-0.05, 0) is 96.3 Å². The second-order valence-corrected chi connectivity index (χ2v) is 17.5. The van der Waals surface area contributed by atoms with Crippen molar-refractivity contribution in [2.75, 3.05) is 6.61 Å². The average Bonchev–Trinajstić information content (AvgIpc) is 3.26. The van der Waals surface area contributed by atoms with E-state index in [1.54, 1.807) is 0 Å². The Morgan fingerprint density at radius 1 is 0.484 bits per heavy atom. The number of rotatable bonds is 46. The third-order valence-corrected chi connectivity index (χ3v) is 11.5. The van der Waals surface area contributed by atoms with Gasteiger partial charge in [-0.1, -0.05) is 209 Å². The summed E-state index contributed by atoms with van der Waals surface area (Å²) < 4.78 is 5.92. The van der Waals surface area contributed by atoms with E-state index in [1.807, 2.05) is 0 Å². The van der Waals surface area contributed by atoms with Crippen LogP contribution in [-0.2, 0) is 14.3 Å². The molecule has 6 heteroatoms. The third kappa shape index (κ3) is 43.9. The van der Waals surface area contributed by atoms with Crippen LogP contribution in [0.25, 0.3) is 0 Å². The van der Waals surface area contributed by atoms with Crippen molar-refractivity contribution in [1.29, 1.82) is 0 Å². The van der Waals surface area contributed by atoms with E-state index in [2.05, 4.69) is 99.0 Å². The van der Waals surface area contributed by atoms with E-state index < -0.39 is 18.2 Å². The predicted octanol–water partition coefficient (Wildman–Crippen LogP) is 15.8. The highest BCUT2D eigenvalue weighted by Crippen LogP contribution is 2.17. The molecule has 1 amide bonds. The molecule has 3 atom stereocenters. The van der Waals surface area contributed by atoms with Crippen LogP contribution in [0.4, 0.5) is 0 Å². The molecule has 0 fully saturated rings. The number of esters is 1. The van der Waals surface area contributed by atoms with E-state index in [0.717, 1.165) is 103 Å². The summed E-state index contributed by atoms with van der Waals surface area (Å²) in [7, 11) is 0. The van der Waals surface area contributed by atoms with Crippen molar-refractivity contribution in [1.82, 2.24) is 5.32 Å². The second kappa shape index (κ2) is 49.3. The molecule has 3 N–H and O–H groups in total. The maximum atomic E-state index is 13.2. The minimum absolute atomic E-state index is 0.0561. The van der Waals surface area contributed by atoms with Gasteiger partial charge >= 0.3 is 5.97 Å². The first kappa shape index (κ1) is 59.3. The standard InChI is InChI=1S/C56H99NO5/c1-4-7-10-13-16-19-22-24-25-26-27-28-29-31-34-37-40-43-46-49-56(61)62-52(47-44-41-38-35-33-30-23-20-17-14-11-8-5-2)50-55(60)57-53(51-58)54(59)48-45-42-39-36-32-21-18-15-12-9-6-3/h7,10,16,19-20,23-25,27-28,31,34,52-54,58-59H,4-6,8-9,11-15,17-18,21-22,26,29-30,32-33,35-51H2,1-3H3,(H,57,60)/b10-7-,19-16-,23-20-,25-24-,28-27-,34-31-. The second-order valence-electron chi connectivity index (χ2n) is 17.5. The molecule has 358 valence electrons. The Bertz CT molecular complexity index is 1150. The molecule has 0 spiro atoms. The topological polar surface area (TPSA) is 95.9 Å². The van der Waals surface area contributed by atoms with Gasteiger partial charge in [-0.25, -0.2) is 0 Å². The van der Waals surface area contributed by atoms with Crippen LogP contribution in [0.3, 0.4) is 0 Å². The van der Waals surface area contributed by atoms with Crippen molar-refractivity contribution in [3.63, 3.8) is 0 Å². The lowest BCUT2D eigenvalue weighted by Gasteiger charge is -2.24. The molecule has 0 saturated heterocycles. The Hall–Kier alpha value is -2.70. The van der Waals surface area contributed by atoms with Crippen molar-refractivity contribution in [2.45, 2.75) is 264 Å². The van der Waals surface area contributed by atoms with Gasteiger partial charge in [0.25, 0.3) is 0 Å². The minimum atomic E-state index is -0.797. The van der Waals surface area contributed by atoms with E-state index in [9.17, 15) is 19.8 Å². The van der Waals surface area contributed by atoms with E-state index in [0.29, 0.717) is 19.3 Å². The quantitative estimate of drug-likeness (QED) is 0.0322. The van der Waals surface area contributed by atoms with Crippen molar-refractivity contribution in [3.8, 4) is 0 Å². The number of ether oxygens (including phenoxy) is 1. The SMILES string of the molecule is CC/C=C\C/C=C\C/C=C\C/C=C\C/C=C\CCCCCC(=O)OC(CCCCCCC/C=C\CCCCCC)CC(=O)NC(CO)C(O)CCCCCCCCCCCCC. The maximum Gasteiger partial charge on any atom is 0.306 e. The lowest BCUT2D eigenvalue weighted by Crippen LogP contribution is -2.46. The predicted molar refractivity (Wildman–Crippen MR) is 268 cm³/mol. The van der Waals surface area contributed by atoms with Crippen molar-refractivity contribution >= 4 is 11.9 Å². The van der Waals surface area contributed by atoms with Crippen LogP contribution >= 0.6 is 0 Å². The zero-order chi connectivity index (χ0) is 45.2. The molecular weight excluding hydrogens is 767 g/mol. The number of allylic oxidation sites excluding steroid dienone is 12. The van der Waals surface area contributed by atoms with E-state index >= 15 is 0 Å². The van der Waals surface area contributed by atoms with Gasteiger partial charge in [0.1, 0.15) is 6.10 Å². The Kier molecular flexibility index (Phi) is 47.2. The van der Waals surface area contributed by atoms with Gasteiger partial charge in [-0.2, -0.15) is 0 Å². The third-order valence-electron chi connectivity index (χ3n) is 11.5. The zero-order valence-electron chi connectivity index (χ0n) is 40.7. The van der Waals surface area contributed by atoms with Gasteiger partial charge in [-0.15, -0.1) is 0 Å². The molecule has 0 aromatic rings. The molecule has 0 bridgehead atoms. The molecule has 0 radical (unpaired) electrons. The fraction of sp³-hybridized carbons (Fsp3) is 0.750. The van der Waals surface area contributed by atoms with Gasteiger partial charge in [0, 0.05) is 6.42 Å². The summed E-state index contributed by atoms with van der Waals surface area (Å²) in [5, 5.41) is 23.7. The molecule has 0 aromatic carbocycles. The van der Waals surface area contributed by atoms with Crippen molar-refractivity contribution in [2.24, 2.45) is 0 Å². The summed E-state index contributed by atoms with van der Waals surface area (Å²) in [6, 6.07) is -0.713. The summed E-state index contributed by atoms with van der Waals surface area (Å²) in [4.78, 5) is 26.1. The first-order valence-electron chi connectivity index (χ1n) is 26.2. The number of carbonyl (C=O) groups excluding carboxylic acids is 2. The number of hydrogen-bond acceptors (Lipinski definition) is 5. The molecule has 0 aliphatic carbocycles. The Labute approximate surface area is 383 Å². The number of hydrogen-bond donors (Lipinski definition) is 3. The van der Waals surface area contributed by atoms with E-state index in [4.69, 9.17) is 4.74 Å². The Morgan fingerprint density at radius 2 is 0.871 bits per heavy atom. The smallest absolute Gasteiger partial charge is 0.306 e. The molecule has 3 unspecified atom stereocenters. The number of aliphatic hydroxyl groups is 2. The van der Waals surface area contributed by atoms with Gasteiger partial charge < -0.3 is 20.3 Å². The molecular formula is C56H99NO5. The van der Waals surface area contributed by atoms with Crippen LogP contribution < -0.4 is 5.32 Å². The maximum absolute atomic E-state index is 13.2. The van der Waals surface area contributed by atoms with E-state index in [-0.39, 0.29) is 24.9 Å². The Balaban J connectivity index is 4.63. The summed E-state index contributed by atoms with van der Waals surface area (Å²) in [5.41, 5.74) is 0. The molecule has 0 aromatic heterocycles. The molecule has 62 heavy (non-hydrogen) atoms. The molecule has 0 saturated carbocycles. The molecule has 6 nitrogen and oxygen atoms in total. The minimum Gasteiger partial charge on any atom is -0.462 e. The van der Waals surface area contributed by atoms with Gasteiger partial charge in [-0.3, -0.25) is 9.59 Å². The van der Waals surface area contributed by atoms with Crippen LogP contribution in [0.1, 0.15) is 245 Å². The largest absolute Gasteiger partial charge is 0.462 e. The van der Waals surface area contributed by atoms with Crippen molar-refractivity contribution in [3.05, 3.63) is 72.9 Å². The van der Waals surface area contributed by atoms with Gasteiger partial charge in [0.2, 0.25) is 5.91 Å². The van der Waals surface area contributed by atoms with Crippen LogP contribution in [0.2, 0.25) is 0 Å². The number of unbranched alkanes of at least 4 members (excludes halogenated alkanes) is 22. The summed E-state index contributed by atoms with van der Waals surface area (Å²) in [6.07, 6.45) is 62.4. The van der Waals surface area contributed by atoms with Crippen LogP contribution in [0.15, 0.2) is 72.9 Å². The number of aliphatic hydroxyl groups excluding tert-OH is 2. The molecule has 0 aliphatic rings. The first-order chi connectivity index (χ1) is 30.5. The summed E-state index contributed by atoms with van der Waals surface area (Å²) in [6.45, 7) is 6.34. The van der Waals surface area contributed by atoms with Gasteiger partial charge in [0.15, 0.2) is 0 Å².